The lowest BCUT2D eigenvalue weighted by Crippen LogP contribution is -2.22. The van der Waals surface area contributed by atoms with Crippen molar-refractivity contribution in [3.8, 4) is 6.07 Å². The molecule has 1 aliphatic rings. The number of nitrogens with zero attached hydrogens (tertiary/aromatic N) is 3. The number of anilines is 1. The number of aliphatic imine (C=N–C) groups is 1. The molecule has 0 saturated heterocycles. The lowest BCUT2D eigenvalue weighted by molar-refractivity contribution is -0.384. The molecule has 0 saturated carbocycles. The molecule has 0 aromatic heterocycles. The summed E-state index contributed by atoms with van der Waals surface area (Å²) in [6.07, 6.45) is 0. The number of nitrogens with one attached hydrogen (secondary N) is 1. The molecule has 1 unspecified atom stereocenters. The lowest BCUT2D eigenvalue weighted by Gasteiger charge is -2.14. The second-order valence-electron chi connectivity index (χ2n) is 6.48. The van der Waals surface area contributed by atoms with Gasteiger partial charge in [-0.3, -0.25) is 19.9 Å². The van der Waals surface area contributed by atoms with Gasteiger partial charge in [-0.25, -0.2) is 0 Å². The summed E-state index contributed by atoms with van der Waals surface area (Å²) in [4.78, 5) is 28.2. The summed E-state index contributed by atoms with van der Waals surface area (Å²) in [7, 11) is 0. The molecule has 1 amide bonds. The van der Waals surface area contributed by atoms with Gasteiger partial charge in [0.05, 0.1) is 28.0 Å². The molecule has 0 fully saturated rings. The van der Waals surface area contributed by atoms with Gasteiger partial charge in [-0.05, 0) is 29.8 Å². The van der Waals surface area contributed by atoms with Gasteiger partial charge in [-0.1, -0.05) is 36.4 Å². The van der Waals surface area contributed by atoms with Crippen molar-refractivity contribution in [1.82, 2.24) is 0 Å². The van der Waals surface area contributed by atoms with E-state index < -0.39 is 10.8 Å². The van der Waals surface area contributed by atoms with Gasteiger partial charge in [0.15, 0.2) is 0 Å². The zero-order valence-electron chi connectivity index (χ0n) is 15.1. The number of fused-ring (bicyclic) bond motifs is 1. The molecule has 1 N–H and O–H groups in total. The van der Waals surface area contributed by atoms with Crippen molar-refractivity contribution in [3.63, 3.8) is 0 Å². The third kappa shape index (κ3) is 3.47. The van der Waals surface area contributed by atoms with Crippen LogP contribution in [0.2, 0.25) is 0 Å². The molecule has 7 nitrogen and oxygen atoms in total. The molecule has 4 rings (SSSR count). The largest absolute Gasteiger partial charge is 0.325 e. The average Bonchev–Trinajstić information content (AvgIpc) is 3.07. The number of carbonyl (C=O) groups excluding carboxylic acids is 1. The van der Waals surface area contributed by atoms with Crippen molar-refractivity contribution in [3.05, 3.63) is 99.6 Å². The van der Waals surface area contributed by atoms with E-state index in [-0.39, 0.29) is 11.6 Å². The predicted molar refractivity (Wildman–Crippen MR) is 108 cm³/mol. The standard InChI is InChI=1S/C22H14N4O3/c23-13-14-5-4-8-16(11-14)24-21(15-6-2-1-3-7-15)20-18-12-17(26(28)29)9-10-19(18)25-22(20)27/h1-12,20H,(H,25,27). The van der Waals surface area contributed by atoms with E-state index in [1.807, 2.05) is 30.3 Å². The molecule has 0 aliphatic carbocycles. The maximum Gasteiger partial charge on any atom is 0.269 e. The van der Waals surface area contributed by atoms with Crippen LogP contribution in [0.5, 0.6) is 0 Å². The van der Waals surface area contributed by atoms with Crippen molar-refractivity contribution < 1.29 is 9.72 Å². The average molecular weight is 382 g/mol. The topological polar surface area (TPSA) is 108 Å². The molecule has 3 aromatic carbocycles. The highest BCUT2D eigenvalue weighted by atomic mass is 16.6. The van der Waals surface area contributed by atoms with Crippen LogP contribution in [0.1, 0.15) is 22.6 Å². The molecule has 1 atom stereocenters. The number of benzene rings is 3. The van der Waals surface area contributed by atoms with E-state index in [1.54, 1.807) is 24.3 Å². The summed E-state index contributed by atoms with van der Waals surface area (Å²) in [6.45, 7) is 0. The van der Waals surface area contributed by atoms with Gasteiger partial charge in [0.25, 0.3) is 5.69 Å². The molecule has 1 aliphatic heterocycles. The second kappa shape index (κ2) is 7.37. The molecule has 0 bridgehead atoms. The molecule has 29 heavy (non-hydrogen) atoms. The number of nitriles is 1. The van der Waals surface area contributed by atoms with Crippen LogP contribution in [0.3, 0.4) is 0 Å². The Balaban J connectivity index is 1.90. The number of carbonyl (C=O) groups is 1. The van der Waals surface area contributed by atoms with E-state index in [1.165, 1.54) is 18.2 Å². The number of nitro benzene ring substituents is 1. The van der Waals surface area contributed by atoms with Crippen LogP contribution < -0.4 is 5.32 Å². The highest BCUT2D eigenvalue weighted by molar-refractivity contribution is 6.24. The molecular weight excluding hydrogens is 368 g/mol. The van der Waals surface area contributed by atoms with E-state index >= 15 is 0 Å². The third-order valence-corrected chi connectivity index (χ3v) is 4.64. The minimum atomic E-state index is -0.807. The van der Waals surface area contributed by atoms with Crippen LogP contribution in [0.25, 0.3) is 0 Å². The third-order valence-electron chi connectivity index (χ3n) is 4.64. The Morgan fingerprint density at radius 3 is 2.59 bits per heavy atom. The van der Waals surface area contributed by atoms with Gasteiger partial charge in [-0.2, -0.15) is 5.26 Å². The van der Waals surface area contributed by atoms with Crippen molar-refractivity contribution in [2.24, 2.45) is 4.99 Å². The Morgan fingerprint density at radius 2 is 1.86 bits per heavy atom. The summed E-state index contributed by atoms with van der Waals surface area (Å²) in [5, 5.41) is 23.2. The number of amides is 1. The van der Waals surface area contributed by atoms with Crippen molar-refractivity contribution in [2.45, 2.75) is 5.92 Å². The van der Waals surface area contributed by atoms with E-state index in [0.29, 0.717) is 28.2 Å². The Morgan fingerprint density at radius 1 is 1.07 bits per heavy atom. The van der Waals surface area contributed by atoms with Crippen LogP contribution in [0.15, 0.2) is 77.8 Å². The SMILES string of the molecule is N#Cc1cccc(N=C(c2ccccc2)C2C(=O)Nc3ccc([N+](=O)[O-])cc32)c1. The minimum absolute atomic E-state index is 0.0934. The van der Waals surface area contributed by atoms with Crippen LogP contribution in [-0.4, -0.2) is 16.5 Å². The first-order valence-electron chi connectivity index (χ1n) is 8.80. The Kier molecular flexibility index (Phi) is 4.59. The fourth-order valence-electron chi connectivity index (χ4n) is 3.32. The van der Waals surface area contributed by atoms with Gasteiger partial charge in [-0.15, -0.1) is 0 Å². The summed E-state index contributed by atoms with van der Waals surface area (Å²) in [5.41, 5.74) is 3.08. The lowest BCUT2D eigenvalue weighted by atomic mass is 9.90. The zero-order valence-corrected chi connectivity index (χ0v) is 15.1. The summed E-state index contributed by atoms with van der Waals surface area (Å²) < 4.78 is 0. The van der Waals surface area contributed by atoms with E-state index in [0.717, 1.165) is 5.56 Å². The number of hydrogen-bond acceptors (Lipinski definition) is 5. The quantitative estimate of drug-likeness (QED) is 0.412. The monoisotopic (exact) mass is 382 g/mol. The second-order valence-corrected chi connectivity index (χ2v) is 6.48. The Bertz CT molecular complexity index is 1200. The van der Waals surface area contributed by atoms with Crippen molar-refractivity contribution in [1.29, 1.82) is 5.26 Å². The highest BCUT2D eigenvalue weighted by Gasteiger charge is 2.36. The molecule has 0 radical (unpaired) electrons. The molecule has 0 spiro atoms. The van der Waals surface area contributed by atoms with Gasteiger partial charge >= 0.3 is 0 Å². The molecule has 1 heterocycles. The summed E-state index contributed by atoms with van der Waals surface area (Å²) >= 11 is 0. The summed E-state index contributed by atoms with van der Waals surface area (Å²) in [5.74, 6) is -1.11. The van der Waals surface area contributed by atoms with E-state index in [2.05, 4.69) is 16.4 Å². The highest BCUT2D eigenvalue weighted by Crippen LogP contribution is 2.38. The first-order valence-corrected chi connectivity index (χ1v) is 8.80. The smallest absolute Gasteiger partial charge is 0.269 e. The minimum Gasteiger partial charge on any atom is -0.325 e. The fraction of sp³-hybridized carbons (Fsp3) is 0.0455. The van der Waals surface area contributed by atoms with Gasteiger partial charge in [0, 0.05) is 23.4 Å². The van der Waals surface area contributed by atoms with Crippen molar-refractivity contribution in [2.75, 3.05) is 5.32 Å². The first kappa shape index (κ1) is 18.1. The maximum atomic E-state index is 12.8. The molecule has 7 heteroatoms. The number of nitro groups is 1. The number of non-ortho nitro benzene ring substituents is 1. The predicted octanol–water partition coefficient (Wildman–Crippen LogP) is 4.32. The molecule has 3 aromatic rings. The summed E-state index contributed by atoms with van der Waals surface area (Å²) in [6, 6.07) is 22.3. The van der Waals surface area contributed by atoms with Crippen LogP contribution in [0, 0.1) is 21.4 Å². The van der Waals surface area contributed by atoms with Crippen LogP contribution in [-0.2, 0) is 4.79 Å². The van der Waals surface area contributed by atoms with E-state index in [9.17, 15) is 14.9 Å². The Hall–Kier alpha value is -4.31. The Labute approximate surface area is 166 Å². The number of hydrogen-bond donors (Lipinski definition) is 1. The zero-order chi connectivity index (χ0) is 20.4. The van der Waals surface area contributed by atoms with Crippen molar-refractivity contribution >= 4 is 28.7 Å². The van der Waals surface area contributed by atoms with Gasteiger partial charge < -0.3 is 5.32 Å². The van der Waals surface area contributed by atoms with Crippen LogP contribution in [0.4, 0.5) is 17.1 Å². The van der Waals surface area contributed by atoms with Gasteiger partial charge in [0.2, 0.25) is 5.91 Å². The van der Waals surface area contributed by atoms with Gasteiger partial charge in [0.1, 0.15) is 5.92 Å². The molecule has 140 valence electrons. The van der Waals surface area contributed by atoms with Crippen LogP contribution >= 0.6 is 0 Å². The normalized spacial score (nSPS) is 15.3. The maximum absolute atomic E-state index is 12.8. The fourth-order valence-corrected chi connectivity index (χ4v) is 3.32. The van der Waals surface area contributed by atoms with E-state index in [4.69, 9.17) is 5.26 Å². The molecular formula is C22H14N4O3. The number of rotatable bonds is 4. The first-order chi connectivity index (χ1) is 14.1.